The quantitative estimate of drug-likeness (QED) is 0.858. The minimum Gasteiger partial charge on any atom is -0.360 e. The predicted octanol–water partition coefficient (Wildman–Crippen LogP) is 2.99. The molecule has 7 heteroatoms. The lowest BCUT2D eigenvalue weighted by Crippen LogP contribution is -2.14. The van der Waals surface area contributed by atoms with Gasteiger partial charge in [-0.05, 0) is 43.5 Å². The van der Waals surface area contributed by atoms with Crippen molar-refractivity contribution < 1.29 is 17.7 Å². The maximum absolute atomic E-state index is 12.4. The van der Waals surface area contributed by atoms with Crippen molar-refractivity contribution >= 4 is 21.4 Å². The highest BCUT2D eigenvalue weighted by molar-refractivity contribution is 7.91. The Balaban J connectivity index is 1.77. The molecule has 0 unspecified atom stereocenters. The van der Waals surface area contributed by atoms with Crippen LogP contribution in [0.3, 0.4) is 0 Å². The average Bonchev–Trinajstić information content (AvgIpc) is 2.84. The van der Waals surface area contributed by atoms with Crippen LogP contribution in [-0.4, -0.2) is 25.2 Å². The molecule has 0 atom stereocenters. The summed E-state index contributed by atoms with van der Waals surface area (Å²) in [7, 11) is -3.24. The third kappa shape index (κ3) is 3.36. The normalized spacial score (nSPS) is 14.7. The first kappa shape index (κ1) is 16.7. The van der Waals surface area contributed by atoms with Crippen LogP contribution in [0.4, 0.5) is 5.69 Å². The van der Waals surface area contributed by atoms with Gasteiger partial charge in [0.25, 0.3) is 5.91 Å². The summed E-state index contributed by atoms with van der Waals surface area (Å²) in [5.41, 5.74) is 1.76. The molecule has 0 radical (unpaired) electrons. The van der Waals surface area contributed by atoms with E-state index < -0.39 is 9.84 Å². The monoisotopic (exact) mass is 348 g/mol. The zero-order chi connectivity index (χ0) is 17.2. The summed E-state index contributed by atoms with van der Waals surface area (Å²) >= 11 is 0. The number of hydrogen-bond acceptors (Lipinski definition) is 5. The number of nitrogens with one attached hydrogen (secondary N) is 1. The molecule has 1 aliphatic rings. The molecule has 128 valence electrons. The molecule has 1 aliphatic carbocycles. The third-order valence-electron chi connectivity index (χ3n) is 4.27. The number of rotatable bonds is 4. The lowest BCUT2D eigenvalue weighted by Gasteiger charge is -2.06. The van der Waals surface area contributed by atoms with E-state index in [0.29, 0.717) is 11.4 Å². The van der Waals surface area contributed by atoms with Crippen LogP contribution in [0.15, 0.2) is 33.7 Å². The Morgan fingerprint density at radius 2 is 1.88 bits per heavy atom. The number of carbonyl (C=O) groups excluding carboxylic acids is 1. The first-order valence-corrected chi connectivity index (χ1v) is 9.78. The maximum atomic E-state index is 12.4. The summed E-state index contributed by atoms with van der Waals surface area (Å²) in [6.45, 7) is 1.60. The van der Waals surface area contributed by atoms with Crippen LogP contribution in [0, 0.1) is 0 Å². The number of aryl methyl sites for hydroxylation is 1. The van der Waals surface area contributed by atoms with Crippen molar-refractivity contribution in [3.05, 3.63) is 41.3 Å². The van der Waals surface area contributed by atoms with E-state index in [1.165, 1.54) is 12.1 Å². The van der Waals surface area contributed by atoms with Gasteiger partial charge >= 0.3 is 0 Å². The van der Waals surface area contributed by atoms with Crippen LogP contribution < -0.4 is 5.32 Å². The molecule has 24 heavy (non-hydrogen) atoms. The summed E-state index contributed by atoms with van der Waals surface area (Å²) in [6, 6.07) is 6.16. The van der Waals surface area contributed by atoms with Crippen LogP contribution in [0.2, 0.25) is 0 Å². The molecular formula is C17H20N2O4S. The van der Waals surface area contributed by atoms with Gasteiger partial charge in [0.05, 0.1) is 10.6 Å². The fourth-order valence-corrected chi connectivity index (χ4v) is 3.73. The van der Waals surface area contributed by atoms with E-state index in [0.717, 1.165) is 43.4 Å². The highest BCUT2D eigenvalue weighted by Crippen LogP contribution is 2.24. The molecule has 2 aromatic rings. The number of sulfone groups is 1. The Labute approximate surface area is 141 Å². The van der Waals surface area contributed by atoms with Crippen molar-refractivity contribution in [2.24, 2.45) is 0 Å². The summed E-state index contributed by atoms with van der Waals surface area (Å²) in [5, 5.41) is 6.68. The predicted molar refractivity (Wildman–Crippen MR) is 89.9 cm³/mol. The number of fused-ring (bicyclic) bond motifs is 1. The number of anilines is 1. The standard InChI is InChI=1S/C17H20N2O4S/c1-2-24(21,22)13-10-8-12(9-11-13)18-17(20)16-14-6-4-3-5-7-15(14)23-19-16/h8-11H,2-7H2,1H3,(H,18,20). The maximum Gasteiger partial charge on any atom is 0.278 e. The topological polar surface area (TPSA) is 89.3 Å². The van der Waals surface area contributed by atoms with Crippen LogP contribution in [0.1, 0.15) is 48.0 Å². The van der Waals surface area contributed by atoms with Crippen LogP contribution in [0.25, 0.3) is 0 Å². The molecule has 0 spiro atoms. The largest absolute Gasteiger partial charge is 0.360 e. The number of hydrogen-bond donors (Lipinski definition) is 1. The summed E-state index contributed by atoms with van der Waals surface area (Å²) < 4.78 is 28.9. The number of carbonyl (C=O) groups is 1. The molecule has 1 aromatic heterocycles. The summed E-state index contributed by atoms with van der Waals surface area (Å²) in [6.07, 6.45) is 4.82. The fourth-order valence-electron chi connectivity index (χ4n) is 2.84. The van der Waals surface area contributed by atoms with Crippen LogP contribution >= 0.6 is 0 Å². The van der Waals surface area contributed by atoms with E-state index in [4.69, 9.17) is 4.52 Å². The lowest BCUT2D eigenvalue weighted by molar-refractivity contribution is 0.101. The first-order chi connectivity index (χ1) is 11.5. The SMILES string of the molecule is CCS(=O)(=O)c1ccc(NC(=O)c2noc3c2CCCCC3)cc1. The van der Waals surface area contributed by atoms with Gasteiger partial charge in [-0.1, -0.05) is 18.5 Å². The van der Waals surface area contributed by atoms with E-state index in [2.05, 4.69) is 10.5 Å². The molecule has 0 fully saturated rings. The van der Waals surface area contributed by atoms with Gasteiger partial charge in [-0.25, -0.2) is 8.42 Å². The van der Waals surface area contributed by atoms with Gasteiger partial charge in [0.2, 0.25) is 0 Å². The van der Waals surface area contributed by atoms with Gasteiger partial charge in [0.15, 0.2) is 15.5 Å². The lowest BCUT2D eigenvalue weighted by atomic mass is 10.1. The smallest absolute Gasteiger partial charge is 0.278 e. The van der Waals surface area contributed by atoms with Crippen molar-refractivity contribution in [3.63, 3.8) is 0 Å². The first-order valence-electron chi connectivity index (χ1n) is 8.13. The van der Waals surface area contributed by atoms with E-state index in [-0.39, 0.29) is 16.6 Å². The van der Waals surface area contributed by atoms with Gasteiger partial charge in [-0.15, -0.1) is 0 Å². The molecule has 1 heterocycles. The fraction of sp³-hybridized carbons (Fsp3) is 0.412. The van der Waals surface area contributed by atoms with Crippen LogP contribution in [0.5, 0.6) is 0 Å². The van der Waals surface area contributed by atoms with E-state index in [9.17, 15) is 13.2 Å². The Morgan fingerprint density at radius 1 is 1.17 bits per heavy atom. The second-order valence-corrected chi connectivity index (χ2v) is 8.15. The van der Waals surface area contributed by atoms with Gasteiger partial charge in [0.1, 0.15) is 5.76 Å². The molecule has 6 nitrogen and oxygen atoms in total. The molecule has 0 aliphatic heterocycles. The van der Waals surface area contributed by atoms with Crippen LogP contribution in [-0.2, 0) is 22.7 Å². The van der Waals surface area contributed by atoms with Gasteiger partial charge in [-0.2, -0.15) is 0 Å². The zero-order valence-corrected chi connectivity index (χ0v) is 14.4. The summed E-state index contributed by atoms with van der Waals surface area (Å²) in [4.78, 5) is 12.7. The van der Waals surface area contributed by atoms with Gasteiger partial charge < -0.3 is 9.84 Å². The molecule has 0 saturated carbocycles. The molecular weight excluding hydrogens is 328 g/mol. The molecule has 1 N–H and O–H groups in total. The van der Waals surface area contributed by atoms with E-state index in [1.807, 2.05) is 0 Å². The van der Waals surface area contributed by atoms with E-state index >= 15 is 0 Å². The number of nitrogens with zero attached hydrogens (tertiary/aromatic N) is 1. The Kier molecular flexibility index (Phi) is 4.71. The third-order valence-corrected chi connectivity index (χ3v) is 6.02. The second-order valence-electron chi connectivity index (χ2n) is 5.88. The Hall–Kier alpha value is -2.15. The molecule has 0 bridgehead atoms. The second kappa shape index (κ2) is 6.76. The molecule has 1 amide bonds. The van der Waals surface area contributed by atoms with Crippen molar-refractivity contribution in [2.45, 2.75) is 43.9 Å². The molecule has 0 saturated heterocycles. The number of amides is 1. The Morgan fingerprint density at radius 3 is 2.58 bits per heavy atom. The van der Waals surface area contributed by atoms with Gasteiger partial charge in [-0.3, -0.25) is 4.79 Å². The van der Waals surface area contributed by atoms with Crippen molar-refractivity contribution in [1.82, 2.24) is 5.16 Å². The Bertz CT molecular complexity index is 838. The van der Waals surface area contributed by atoms with Crippen molar-refractivity contribution in [1.29, 1.82) is 0 Å². The number of aromatic nitrogens is 1. The zero-order valence-electron chi connectivity index (χ0n) is 13.5. The highest BCUT2D eigenvalue weighted by Gasteiger charge is 2.23. The van der Waals surface area contributed by atoms with Crippen molar-refractivity contribution in [2.75, 3.05) is 11.1 Å². The van der Waals surface area contributed by atoms with Crippen molar-refractivity contribution in [3.8, 4) is 0 Å². The summed E-state index contributed by atoms with van der Waals surface area (Å²) in [5.74, 6) is 0.527. The van der Waals surface area contributed by atoms with Gasteiger partial charge in [0, 0.05) is 17.7 Å². The average molecular weight is 348 g/mol. The molecule has 3 rings (SSSR count). The van der Waals surface area contributed by atoms with E-state index in [1.54, 1.807) is 19.1 Å². The highest BCUT2D eigenvalue weighted by atomic mass is 32.2. The minimum atomic E-state index is -3.24. The molecule has 1 aromatic carbocycles. The number of benzene rings is 1. The minimum absolute atomic E-state index is 0.0454.